The monoisotopic (exact) mass is 424 g/mol. The van der Waals surface area contributed by atoms with Gasteiger partial charge in [-0.05, 0) is 17.5 Å². The molecule has 10 heteroatoms. The Balaban J connectivity index is 1.37. The lowest BCUT2D eigenvalue weighted by Gasteiger charge is -2.31. The van der Waals surface area contributed by atoms with Crippen LogP contribution in [0.3, 0.4) is 0 Å². The number of carbonyl (C=O) groups is 2. The molecular weight excluding hydrogens is 402 g/mol. The summed E-state index contributed by atoms with van der Waals surface area (Å²) in [6.07, 6.45) is -0.441. The van der Waals surface area contributed by atoms with E-state index in [4.69, 9.17) is 13.8 Å². The number of ketones is 1. The summed E-state index contributed by atoms with van der Waals surface area (Å²) in [5.74, 6) is -2.37. The minimum Gasteiger partial charge on any atom is -0.349 e. The van der Waals surface area contributed by atoms with Gasteiger partial charge in [-0.1, -0.05) is 31.2 Å². The molecule has 3 aliphatic heterocycles. The first-order valence-corrected chi connectivity index (χ1v) is 11.0. The molecule has 3 aliphatic rings. The maximum atomic E-state index is 13.6. The summed E-state index contributed by atoms with van der Waals surface area (Å²) >= 11 is 0. The van der Waals surface area contributed by atoms with Gasteiger partial charge in [-0.15, -0.1) is 0 Å². The number of hydrogen-bond donors (Lipinski definition) is 1. The Hall–Kier alpha value is -1.90. The van der Waals surface area contributed by atoms with Gasteiger partial charge in [0.25, 0.3) is 0 Å². The Morgan fingerprint density at radius 2 is 1.93 bits per heavy atom. The number of Topliss-reactive ketones (excluding diaryl/α,β-unsaturated/α-hetero) is 1. The third kappa shape index (κ3) is 4.34. The second kappa shape index (κ2) is 8.08. The van der Waals surface area contributed by atoms with Crippen molar-refractivity contribution in [3.05, 3.63) is 47.4 Å². The van der Waals surface area contributed by atoms with Gasteiger partial charge >= 0.3 is 7.75 Å². The summed E-state index contributed by atoms with van der Waals surface area (Å²) < 4.78 is 43.3. The number of aryl methyl sites for hydroxylation is 1. The zero-order chi connectivity index (χ0) is 20.6. The van der Waals surface area contributed by atoms with Crippen LogP contribution < -0.4 is 5.09 Å². The smallest absolute Gasteiger partial charge is 0.349 e. The standard InChI is InChI=1S/C19H22FN2O6P/c1-2-12-3-5-13(6-4-12)9-21-29(25)26-11-17-16(28-29)8-19(27-17)22-10-14(20)15(23)7-18(22)24/h3-6,10,16-17,19H,2,7-9,11H2,1H3,(H,21,25)/t16-,17+,19+,29+/m0/s1. The van der Waals surface area contributed by atoms with Gasteiger partial charge < -0.3 is 4.74 Å². The van der Waals surface area contributed by atoms with Crippen LogP contribution in [0, 0.1) is 0 Å². The Labute approximate surface area is 167 Å². The van der Waals surface area contributed by atoms with Crippen molar-refractivity contribution in [2.45, 2.75) is 51.2 Å². The first-order chi connectivity index (χ1) is 13.9. The van der Waals surface area contributed by atoms with E-state index in [-0.39, 0.29) is 13.0 Å². The summed E-state index contributed by atoms with van der Waals surface area (Å²) in [5, 5.41) is 2.84. The molecule has 4 atom stereocenters. The van der Waals surface area contributed by atoms with Gasteiger partial charge in [0.2, 0.25) is 11.7 Å². The van der Waals surface area contributed by atoms with Crippen LogP contribution >= 0.6 is 7.75 Å². The molecule has 1 aromatic carbocycles. The number of rotatable bonds is 5. The zero-order valence-corrected chi connectivity index (χ0v) is 16.8. The second-order valence-electron chi connectivity index (χ2n) is 7.18. The fourth-order valence-corrected chi connectivity index (χ4v) is 5.02. The van der Waals surface area contributed by atoms with Crippen molar-refractivity contribution in [2.75, 3.05) is 6.61 Å². The molecule has 0 bridgehead atoms. The highest BCUT2D eigenvalue weighted by atomic mass is 31.2. The normalized spacial score (nSPS) is 32.3. The third-order valence-electron chi connectivity index (χ3n) is 5.20. The van der Waals surface area contributed by atoms with Crippen LogP contribution in [0.5, 0.6) is 0 Å². The maximum absolute atomic E-state index is 13.6. The van der Waals surface area contributed by atoms with Crippen molar-refractivity contribution in [1.82, 2.24) is 9.99 Å². The van der Waals surface area contributed by atoms with Crippen LogP contribution in [-0.2, 0) is 40.9 Å². The van der Waals surface area contributed by atoms with E-state index in [1.807, 2.05) is 24.3 Å². The van der Waals surface area contributed by atoms with Crippen LogP contribution in [0.15, 0.2) is 36.3 Å². The van der Waals surface area contributed by atoms with Crippen LogP contribution in [0.4, 0.5) is 4.39 Å². The van der Waals surface area contributed by atoms with E-state index in [1.54, 1.807) is 0 Å². The van der Waals surface area contributed by atoms with Gasteiger partial charge in [0.1, 0.15) is 18.4 Å². The topological polar surface area (TPSA) is 94.2 Å². The summed E-state index contributed by atoms with van der Waals surface area (Å²) in [6, 6.07) is 7.91. The summed E-state index contributed by atoms with van der Waals surface area (Å²) in [6.45, 7) is 2.40. The van der Waals surface area contributed by atoms with E-state index in [1.165, 1.54) is 5.56 Å². The number of ether oxygens (including phenoxy) is 1. The highest BCUT2D eigenvalue weighted by Gasteiger charge is 2.48. The number of halogens is 1. The lowest BCUT2D eigenvalue weighted by atomic mass is 10.1. The van der Waals surface area contributed by atoms with Gasteiger partial charge in [0.05, 0.1) is 13.0 Å². The number of carbonyl (C=O) groups excluding carboxylic acids is 2. The van der Waals surface area contributed by atoms with Crippen LogP contribution in [0.2, 0.25) is 0 Å². The van der Waals surface area contributed by atoms with E-state index in [2.05, 4.69) is 12.0 Å². The van der Waals surface area contributed by atoms with Crippen molar-refractivity contribution >= 4 is 19.4 Å². The van der Waals surface area contributed by atoms with Crippen molar-refractivity contribution in [2.24, 2.45) is 0 Å². The number of allylic oxidation sites excluding steroid dienone is 1. The van der Waals surface area contributed by atoms with Crippen molar-refractivity contribution in [1.29, 1.82) is 0 Å². The number of nitrogens with zero attached hydrogens (tertiary/aromatic N) is 1. The van der Waals surface area contributed by atoms with Crippen molar-refractivity contribution in [3.63, 3.8) is 0 Å². The zero-order valence-electron chi connectivity index (χ0n) is 15.9. The average molecular weight is 424 g/mol. The van der Waals surface area contributed by atoms with Gasteiger partial charge in [-0.25, -0.2) is 14.0 Å². The molecule has 3 heterocycles. The first-order valence-electron chi connectivity index (χ1n) is 9.50. The molecule has 0 spiro atoms. The molecule has 29 heavy (non-hydrogen) atoms. The molecule has 1 aromatic rings. The lowest BCUT2D eigenvalue weighted by molar-refractivity contribution is -0.145. The van der Waals surface area contributed by atoms with Crippen LogP contribution in [-0.4, -0.2) is 41.6 Å². The lowest BCUT2D eigenvalue weighted by Crippen LogP contribution is -2.40. The van der Waals surface area contributed by atoms with E-state index in [9.17, 15) is 18.5 Å². The third-order valence-corrected chi connectivity index (χ3v) is 6.78. The number of benzene rings is 1. The molecule has 1 N–H and O–H groups in total. The molecule has 0 aliphatic carbocycles. The molecule has 8 nitrogen and oxygen atoms in total. The molecule has 156 valence electrons. The fourth-order valence-electron chi connectivity index (χ4n) is 3.50. The summed E-state index contributed by atoms with van der Waals surface area (Å²) in [5.41, 5.74) is 2.15. The van der Waals surface area contributed by atoms with Crippen LogP contribution in [0.25, 0.3) is 0 Å². The number of nitrogens with one attached hydrogen (secondary N) is 1. The number of hydrogen-bond acceptors (Lipinski definition) is 6. The minimum absolute atomic E-state index is 0.0212. The van der Waals surface area contributed by atoms with Crippen LogP contribution in [0.1, 0.15) is 30.9 Å². The number of amides is 1. The Bertz CT molecular complexity index is 889. The Kier molecular flexibility index (Phi) is 5.68. The molecule has 2 saturated heterocycles. The molecular formula is C19H22FN2O6P. The fraction of sp³-hybridized carbons (Fsp3) is 0.474. The quantitative estimate of drug-likeness (QED) is 0.574. The second-order valence-corrected chi connectivity index (χ2v) is 8.97. The van der Waals surface area contributed by atoms with Gasteiger partial charge in [-0.3, -0.25) is 23.5 Å². The van der Waals surface area contributed by atoms with E-state index in [0.717, 1.165) is 23.1 Å². The maximum Gasteiger partial charge on any atom is 0.406 e. The van der Waals surface area contributed by atoms with Crippen molar-refractivity contribution in [3.8, 4) is 0 Å². The van der Waals surface area contributed by atoms with Crippen molar-refractivity contribution < 1.29 is 32.3 Å². The Morgan fingerprint density at radius 1 is 1.21 bits per heavy atom. The molecule has 0 unspecified atom stereocenters. The molecule has 1 amide bonds. The van der Waals surface area contributed by atoms with E-state index < -0.39 is 50.1 Å². The van der Waals surface area contributed by atoms with E-state index >= 15 is 0 Å². The largest absolute Gasteiger partial charge is 0.406 e. The van der Waals surface area contributed by atoms with Gasteiger partial charge in [0.15, 0.2) is 5.83 Å². The predicted octanol–water partition coefficient (Wildman–Crippen LogP) is 2.59. The molecule has 4 rings (SSSR count). The highest BCUT2D eigenvalue weighted by Crippen LogP contribution is 2.52. The summed E-state index contributed by atoms with van der Waals surface area (Å²) in [7, 11) is -3.55. The number of fused-ring (bicyclic) bond motifs is 1. The van der Waals surface area contributed by atoms with Gasteiger partial charge in [0, 0.05) is 19.2 Å². The average Bonchev–Trinajstić information content (AvgIpc) is 3.12. The molecule has 0 radical (unpaired) electrons. The molecule has 0 saturated carbocycles. The summed E-state index contributed by atoms with van der Waals surface area (Å²) in [4.78, 5) is 24.4. The highest BCUT2D eigenvalue weighted by molar-refractivity contribution is 7.51. The van der Waals surface area contributed by atoms with Gasteiger partial charge in [-0.2, -0.15) is 0 Å². The van der Waals surface area contributed by atoms with E-state index in [0.29, 0.717) is 6.54 Å². The SMILES string of the molecule is CCc1ccc(CN[P@@]2(=O)OC[C@H]3O[C@@H](N4C=C(F)C(=O)CC4=O)C[C@@H]3O2)cc1. The molecule has 2 fully saturated rings. The minimum atomic E-state index is -3.55. The first kappa shape index (κ1) is 20.4. The predicted molar refractivity (Wildman–Crippen MR) is 100 cm³/mol. The Morgan fingerprint density at radius 3 is 2.66 bits per heavy atom. The molecule has 0 aromatic heterocycles.